The normalized spacial score (nSPS) is 10.8. The number of hydrogen-bond acceptors (Lipinski definition) is 3. The SMILES string of the molecule is CC.Cc1cnc(OCC(F)(F)C(F)F)cn1. The van der Waals surface area contributed by atoms with Gasteiger partial charge in [0.2, 0.25) is 5.88 Å². The van der Waals surface area contributed by atoms with Crippen LogP contribution in [-0.2, 0) is 0 Å². The van der Waals surface area contributed by atoms with E-state index in [1.54, 1.807) is 6.92 Å². The molecule has 0 aliphatic carbocycles. The third-order valence-corrected chi connectivity index (χ3v) is 1.49. The molecule has 17 heavy (non-hydrogen) atoms. The van der Waals surface area contributed by atoms with Gasteiger partial charge in [-0.2, -0.15) is 8.78 Å². The van der Waals surface area contributed by atoms with E-state index in [1.165, 1.54) is 6.20 Å². The lowest BCUT2D eigenvalue weighted by atomic mass is 10.4. The van der Waals surface area contributed by atoms with Crippen molar-refractivity contribution in [2.75, 3.05) is 6.61 Å². The van der Waals surface area contributed by atoms with Crippen molar-refractivity contribution in [3.8, 4) is 5.88 Å². The summed E-state index contributed by atoms with van der Waals surface area (Å²) in [6.45, 7) is 4.23. The fourth-order valence-corrected chi connectivity index (χ4v) is 0.688. The fourth-order valence-electron chi connectivity index (χ4n) is 0.688. The topological polar surface area (TPSA) is 35.0 Å². The smallest absolute Gasteiger partial charge is 0.340 e. The number of alkyl halides is 4. The van der Waals surface area contributed by atoms with Gasteiger partial charge >= 0.3 is 12.3 Å². The number of aromatic nitrogens is 2. The maximum atomic E-state index is 12.4. The summed E-state index contributed by atoms with van der Waals surface area (Å²) in [4.78, 5) is 7.28. The van der Waals surface area contributed by atoms with Crippen LogP contribution in [0.4, 0.5) is 17.6 Å². The van der Waals surface area contributed by atoms with E-state index >= 15 is 0 Å². The van der Waals surface area contributed by atoms with Crippen LogP contribution in [0.1, 0.15) is 19.5 Å². The summed E-state index contributed by atoms with van der Waals surface area (Å²) < 4.78 is 52.6. The molecule has 1 aromatic heterocycles. The second-order valence-electron chi connectivity index (χ2n) is 2.85. The van der Waals surface area contributed by atoms with Crippen molar-refractivity contribution in [3.05, 3.63) is 18.1 Å². The van der Waals surface area contributed by atoms with Crippen molar-refractivity contribution in [2.45, 2.75) is 33.1 Å². The quantitative estimate of drug-likeness (QED) is 0.774. The van der Waals surface area contributed by atoms with Gasteiger partial charge in [0.25, 0.3) is 0 Å². The first-order valence-corrected chi connectivity index (χ1v) is 4.99. The van der Waals surface area contributed by atoms with Gasteiger partial charge in [0.1, 0.15) is 0 Å². The minimum Gasteiger partial charge on any atom is -0.470 e. The van der Waals surface area contributed by atoms with Crippen LogP contribution in [-0.4, -0.2) is 28.9 Å². The van der Waals surface area contributed by atoms with E-state index < -0.39 is 19.0 Å². The zero-order valence-electron chi connectivity index (χ0n) is 9.75. The van der Waals surface area contributed by atoms with Gasteiger partial charge in [-0.3, -0.25) is 4.98 Å². The second-order valence-corrected chi connectivity index (χ2v) is 2.85. The molecular formula is C10H14F4N2O. The van der Waals surface area contributed by atoms with Crippen LogP contribution in [0.5, 0.6) is 5.88 Å². The van der Waals surface area contributed by atoms with E-state index in [4.69, 9.17) is 0 Å². The Morgan fingerprint density at radius 1 is 1.24 bits per heavy atom. The van der Waals surface area contributed by atoms with E-state index in [9.17, 15) is 17.6 Å². The molecular weight excluding hydrogens is 240 g/mol. The van der Waals surface area contributed by atoms with Gasteiger partial charge in [-0.05, 0) is 6.92 Å². The van der Waals surface area contributed by atoms with E-state index in [1.807, 2.05) is 13.8 Å². The number of hydrogen-bond donors (Lipinski definition) is 0. The molecule has 0 atom stereocenters. The Morgan fingerprint density at radius 2 is 1.82 bits per heavy atom. The highest BCUT2D eigenvalue weighted by Crippen LogP contribution is 2.23. The summed E-state index contributed by atoms with van der Waals surface area (Å²) in [6, 6.07) is 0. The van der Waals surface area contributed by atoms with Gasteiger partial charge in [-0.25, -0.2) is 13.8 Å². The summed E-state index contributed by atoms with van der Waals surface area (Å²) in [7, 11) is 0. The molecule has 0 fully saturated rings. The number of rotatable bonds is 4. The van der Waals surface area contributed by atoms with Gasteiger partial charge in [0, 0.05) is 0 Å². The summed E-state index contributed by atoms with van der Waals surface area (Å²) in [5, 5.41) is 0. The van der Waals surface area contributed by atoms with Crippen molar-refractivity contribution in [1.82, 2.24) is 9.97 Å². The Kier molecular flexibility index (Phi) is 6.45. The van der Waals surface area contributed by atoms with Crippen LogP contribution >= 0.6 is 0 Å². The molecule has 1 heterocycles. The maximum Gasteiger partial charge on any atom is 0.340 e. The number of aryl methyl sites for hydroxylation is 1. The van der Waals surface area contributed by atoms with Gasteiger partial charge in [-0.1, -0.05) is 13.8 Å². The van der Waals surface area contributed by atoms with E-state index in [-0.39, 0.29) is 5.88 Å². The molecule has 0 bridgehead atoms. The molecule has 0 N–H and O–H groups in total. The predicted octanol–water partition coefficient (Wildman–Crippen LogP) is 3.09. The van der Waals surface area contributed by atoms with Crippen LogP contribution in [0.15, 0.2) is 12.4 Å². The van der Waals surface area contributed by atoms with Crippen molar-refractivity contribution in [2.24, 2.45) is 0 Å². The van der Waals surface area contributed by atoms with E-state index in [0.717, 1.165) is 6.20 Å². The highest BCUT2D eigenvalue weighted by Gasteiger charge is 2.41. The maximum absolute atomic E-state index is 12.4. The van der Waals surface area contributed by atoms with Crippen LogP contribution in [0.3, 0.4) is 0 Å². The van der Waals surface area contributed by atoms with Crippen molar-refractivity contribution in [3.63, 3.8) is 0 Å². The third kappa shape index (κ3) is 5.46. The van der Waals surface area contributed by atoms with Crippen LogP contribution < -0.4 is 4.74 Å². The molecule has 0 radical (unpaired) electrons. The Morgan fingerprint density at radius 3 is 2.24 bits per heavy atom. The molecule has 0 aromatic carbocycles. The molecule has 0 aliphatic rings. The molecule has 0 saturated carbocycles. The van der Waals surface area contributed by atoms with Crippen molar-refractivity contribution < 1.29 is 22.3 Å². The average molecular weight is 254 g/mol. The summed E-state index contributed by atoms with van der Waals surface area (Å²) in [5.74, 6) is -4.38. The Labute approximate surface area is 96.8 Å². The van der Waals surface area contributed by atoms with Crippen molar-refractivity contribution in [1.29, 1.82) is 0 Å². The first-order chi connectivity index (χ1) is 7.92. The van der Waals surface area contributed by atoms with Crippen LogP contribution in [0.2, 0.25) is 0 Å². The van der Waals surface area contributed by atoms with E-state index in [0.29, 0.717) is 5.69 Å². The largest absolute Gasteiger partial charge is 0.470 e. The van der Waals surface area contributed by atoms with Gasteiger partial charge in [-0.15, -0.1) is 0 Å². The number of nitrogens with zero attached hydrogens (tertiary/aromatic N) is 2. The Hall–Kier alpha value is -1.40. The molecule has 0 aliphatic heterocycles. The minimum absolute atomic E-state index is 0.207. The molecule has 3 nitrogen and oxygen atoms in total. The molecule has 7 heteroatoms. The zero-order chi connectivity index (χ0) is 13.5. The molecule has 1 rings (SSSR count). The Bertz CT molecular complexity index is 317. The van der Waals surface area contributed by atoms with Gasteiger partial charge in [0.05, 0.1) is 18.1 Å². The van der Waals surface area contributed by atoms with E-state index in [2.05, 4.69) is 14.7 Å². The first kappa shape index (κ1) is 15.6. The molecule has 1 aromatic rings. The number of halogens is 4. The summed E-state index contributed by atoms with van der Waals surface area (Å²) in [5.41, 5.74) is 0.572. The first-order valence-electron chi connectivity index (χ1n) is 4.99. The van der Waals surface area contributed by atoms with Gasteiger partial charge in [0.15, 0.2) is 6.61 Å². The minimum atomic E-state index is -4.17. The molecule has 98 valence electrons. The molecule has 0 spiro atoms. The van der Waals surface area contributed by atoms with Gasteiger partial charge < -0.3 is 4.74 Å². The molecule has 0 unspecified atom stereocenters. The lowest BCUT2D eigenvalue weighted by Crippen LogP contribution is -2.33. The molecule has 0 saturated heterocycles. The zero-order valence-corrected chi connectivity index (χ0v) is 9.75. The highest BCUT2D eigenvalue weighted by molar-refractivity contribution is 5.06. The second kappa shape index (κ2) is 7.03. The predicted molar refractivity (Wildman–Crippen MR) is 54.6 cm³/mol. The van der Waals surface area contributed by atoms with Crippen LogP contribution in [0.25, 0.3) is 0 Å². The fraction of sp³-hybridized carbons (Fsp3) is 0.600. The lowest BCUT2D eigenvalue weighted by Gasteiger charge is -2.14. The number of ether oxygens (including phenoxy) is 1. The summed E-state index contributed by atoms with van der Waals surface area (Å²) >= 11 is 0. The summed E-state index contributed by atoms with van der Waals surface area (Å²) in [6.07, 6.45) is -1.37. The van der Waals surface area contributed by atoms with Crippen LogP contribution in [0, 0.1) is 6.92 Å². The van der Waals surface area contributed by atoms with Crippen molar-refractivity contribution >= 4 is 0 Å². The Balaban J connectivity index is 0.00000121. The molecule has 0 amide bonds. The lowest BCUT2D eigenvalue weighted by molar-refractivity contribution is -0.148. The monoisotopic (exact) mass is 254 g/mol. The third-order valence-electron chi connectivity index (χ3n) is 1.49. The average Bonchev–Trinajstić information content (AvgIpc) is 2.31. The highest BCUT2D eigenvalue weighted by atomic mass is 19.3. The standard InChI is InChI=1S/C8H8F4N2O.C2H6/c1-5-2-14-6(3-13-5)15-4-8(11,12)7(9)10;1-2/h2-3,7H,4H2,1H3;1-2H3.